The second-order valence-electron chi connectivity index (χ2n) is 4.31. The average molecular weight is 266 g/mol. The molecular weight excluding hydrogens is 248 g/mol. The Morgan fingerprint density at radius 2 is 1.95 bits per heavy atom. The predicted molar refractivity (Wildman–Crippen MR) is 69.8 cm³/mol. The van der Waals surface area contributed by atoms with Crippen LogP contribution >= 0.6 is 0 Å². The van der Waals surface area contributed by atoms with Gasteiger partial charge in [0.05, 0.1) is 6.10 Å². The van der Waals surface area contributed by atoms with E-state index in [0.29, 0.717) is 11.3 Å². The average Bonchev–Trinajstić information content (AvgIpc) is 2.35. The first-order valence-corrected chi connectivity index (χ1v) is 5.85. The summed E-state index contributed by atoms with van der Waals surface area (Å²) in [6.07, 6.45) is -0.577. The van der Waals surface area contributed by atoms with E-state index in [4.69, 9.17) is 10.5 Å². The zero-order chi connectivity index (χ0) is 14.4. The van der Waals surface area contributed by atoms with Gasteiger partial charge in [0.15, 0.2) is 6.61 Å². The molecule has 104 valence electrons. The molecule has 6 heteroatoms. The molecule has 0 aliphatic heterocycles. The summed E-state index contributed by atoms with van der Waals surface area (Å²) in [5, 5.41) is 9.23. The summed E-state index contributed by atoms with van der Waals surface area (Å²) in [4.78, 5) is 23.9. The summed E-state index contributed by atoms with van der Waals surface area (Å²) in [5.41, 5.74) is 5.44. The molecule has 0 bridgehead atoms. The van der Waals surface area contributed by atoms with Crippen molar-refractivity contribution in [2.24, 2.45) is 5.73 Å². The minimum atomic E-state index is -0.577. The normalized spacial score (nSPS) is 11.7. The van der Waals surface area contributed by atoms with Gasteiger partial charge < -0.3 is 20.5 Å². The van der Waals surface area contributed by atoms with Crippen LogP contribution in [-0.4, -0.2) is 48.1 Å². The minimum absolute atomic E-state index is 0.192. The molecule has 1 unspecified atom stereocenters. The molecule has 6 nitrogen and oxygen atoms in total. The van der Waals surface area contributed by atoms with E-state index in [-0.39, 0.29) is 19.1 Å². The lowest BCUT2D eigenvalue weighted by atomic mass is 10.2. The van der Waals surface area contributed by atoms with E-state index in [2.05, 4.69) is 0 Å². The zero-order valence-corrected chi connectivity index (χ0v) is 11.0. The van der Waals surface area contributed by atoms with Gasteiger partial charge in [0, 0.05) is 19.2 Å². The number of aliphatic hydroxyl groups is 1. The number of amides is 2. The number of hydrogen-bond donors (Lipinski definition) is 2. The maximum Gasteiger partial charge on any atom is 0.255 e. The van der Waals surface area contributed by atoms with Crippen LogP contribution in [0.15, 0.2) is 24.3 Å². The van der Waals surface area contributed by atoms with Crippen molar-refractivity contribution in [2.75, 3.05) is 20.2 Å². The highest BCUT2D eigenvalue weighted by atomic mass is 16.5. The van der Waals surface area contributed by atoms with Gasteiger partial charge in [-0.05, 0) is 31.2 Å². The van der Waals surface area contributed by atoms with E-state index in [0.717, 1.165) is 0 Å². The molecule has 1 aromatic rings. The highest BCUT2D eigenvalue weighted by Crippen LogP contribution is 2.13. The molecule has 0 aromatic heterocycles. The molecule has 1 aromatic carbocycles. The number of rotatable bonds is 6. The monoisotopic (exact) mass is 266 g/mol. The van der Waals surface area contributed by atoms with Crippen LogP contribution in [0.25, 0.3) is 0 Å². The number of carbonyl (C=O) groups excluding carboxylic acids is 2. The Morgan fingerprint density at radius 1 is 1.37 bits per heavy atom. The third-order valence-electron chi connectivity index (χ3n) is 2.37. The van der Waals surface area contributed by atoms with Crippen LogP contribution in [-0.2, 0) is 4.79 Å². The van der Waals surface area contributed by atoms with E-state index in [1.165, 1.54) is 4.90 Å². The zero-order valence-electron chi connectivity index (χ0n) is 11.0. The molecular formula is C13H18N2O4. The van der Waals surface area contributed by atoms with Gasteiger partial charge in [0.1, 0.15) is 5.75 Å². The van der Waals surface area contributed by atoms with Crippen LogP contribution in [0.1, 0.15) is 17.3 Å². The largest absolute Gasteiger partial charge is 0.484 e. The maximum absolute atomic E-state index is 12.0. The van der Waals surface area contributed by atoms with Crippen LogP contribution < -0.4 is 10.5 Å². The summed E-state index contributed by atoms with van der Waals surface area (Å²) in [7, 11) is 1.62. The van der Waals surface area contributed by atoms with Crippen molar-refractivity contribution in [1.82, 2.24) is 4.90 Å². The number of hydrogen-bond acceptors (Lipinski definition) is 4. The quantitative estimate of drug-likeness (QED) is 0.758. The molecule has 0 fully saturated rings. The number of aliphatic hydroxyl groups excluding tert-OH is 1. The number of nitrogens with zero attached hydrogens (tertiary/aromatic N) is 1. The Balaban J connectivity index is 2.65. The molecule has 1 rings (SSSR count). The topological polar surface area (TPSA) is 92.9 Å². The second-order valence-corrected chi connectivity index (χ2v) is 4.31. The van der Waals surface area contributed by atoms with Crippen molar-refractivity contribution in [1.29, 1.82) is 0 Å². The number of ether oxygens (including phenoxy) is 1. The highest BCUT2D eigenvalue weighted by Gasteiger charge is 2.13. The number of carbonyl (C=O) groups is 2. The number of benzene rings is 1. The first kappa shape index (κ1) is 15.0. The first-order valence-electron chi connectivity index (χ1n) is 5.85. The molecule has 0 saturated carbocycles. The fourth-order valence-electron chi connectivity index (χ4n) is 1.55. The van der Waals surface area contributed by atoms with Gasteiger partial charge in [-0.3, -0.25) is 9.59 Å². The molecule has 0 spiro atoms. The van der Waals surface area contributed by atoms with Crippen molar-refractivity contribution >= 4 is 11.8 Å². The van der Waals surface area contributed by atoms with E-state index >= 15 is 0 Å². The van der Waals surface area contributed by atoms with E-state index in [9.17, 15) is 14.7 Å². The van der Waals surface area contributed by atoms with Crippen molar-refractivity contribution in [3.05, 3.63) is 29.8 Å². The van der Waals surface area contributed by atoms with Gasteiger partial charge >= 0.3 is 0 Å². The SMILES string of the molecule is CC(O)CN(C)C(=O)c1ccc(OCC(N)=O)cc1. The van der Waals surface area contributed by atoms with Crippen LogP contribution in [0.5, 0.6) is 5.75 Å². The Hall–Kier alpha value is -2.08. The van der Waals surface area contributed by atoms with Crippen LogP contribution in [0.2, 0.25) is 0 Å². The van der Waals surface area contributed by atoms with Crippen molar-refractivity contribution in [3.8, 4) is 5.75 Å². The lowest BCUT2D eigenvalue weighted by Crippen LogP contribution is -2.32. The van der Waals surface area contributed by atoms with E-state index < -0.39 is 12.0 Å². The summed E-state index contributed by atoms with van der Waals surface area (Å²) in [6, 6.07) is 6.37. The number of likely N-dealkylation sites (N-methyl/N-ethyl adjacent to an activating group) is 1. The molecule has 0 aliphatic rings. The molecule has 3 N–H and O–H groups in total. The second kappa shape index (κ2) is 6.75. The summed E-state index contributed by atoms with van der Waals surface area (Å²) in [6.45, 7) is 1.68. The Kier molecular flexibility index (Phi) is 5.32. The molecule has 19 heavy (non-hydrogen) atoms. The van der Waals surface area contributed by atoms with Gasteiger partial charge in [-0.2, -0.15) is 0 Å². The predicted octanol–water partition coefficient (Wildman–Crippen LogP) is 0.00350. The maximum atomic E-state index is 12.0. The molecule has 0 saturated heterocycles. The summed E-state index contributed by atoms with van der Waals surface area (Å²) < 4.78 is 5.09. The van der Waals surface area contributed by atoms with Gasteiger partial charge in [-0.25, -0.2) is 0 Å². The summed E-state index contributed by atoms with van der Waals surface area (Å²) >= 11 is 0. The van der Waals surface area contributed by atoms with Crippen molar-refractivity contribution in [3.63, 3.8) is 0 Å². The Labute approximate surface area is 111 Å². The van der Waals surface area contributed by atoms with Gasteiger partial charge in [-0.1, -0.05) is 0 Å². The van der Waals surface area contributed by atoms with Crippen LogP contribution in [0, 0.1) is 0 Å². The van der Waals surface area contributed by atoms with Gasteiger partial charge in [0.25, 0.3) is 11.8 Å². The Morgan fingerprint density at radius 3 is 2.42 bits per heavy atom. The highest BCUT2D eigenvalue weighted by molar-refractivity contribution is 5.94. The summed E-state index contributed by atoms with van der Waals surface area (Å²) in [5.74, 6) is -0.285. The molecule has 0 radical (unpaired) electrons. The number of nitrogens with two attached hydrogens (primary N) is 1. The van der Waals surface area contributed by atoms with Gasteiger partial charge in [0.2, 0.25) is 0 Å². The standard InChI is InChI=1S/C13H18N2O4/c1-9(16)7-15(2)13(18)10-3-5-11(6-4-10)19-8-12(14)17/h3-6,9,16H,7-8H2,1-2H3,(H2,14,17). The number of primary amides is 1. The van der Waals surface area contributed by atoms with Crippen LogP contribution in [0.3, 0.4) is 0 Å². The first-order chi connectivity index (χ1) is 8.90. The minimum Gasteiger partial charge on any atom is -0.484 e. The van der Waals surface area contributed by atoms with Gasteiger partial charge in [-0.15, -0.1) is 0 Å². The molecule has 2 amide bonds. The van der Waals surface area contributed by atoms with Crippen molar-refractivity contribution in [2.45, 2.75) is 13.0 Å². The fraction of sp³-hybridized carbons (Fsp3) is 0.385. The third-order valence-corrected chi connectivity index (χ3v) is 2.37. The lowest BCUT2D eigenvalue weighted by Gasteiger charge is -2.18. The van der Waals surface area contributed by atoms with Crippen LogP contribution in [0.4, 0.5) is 0 Å². The van der Waals surface area contributed by atoms with E-state index in [1.54, 1.807) is 38.2 Å². The van der Waals surface area contributed by atoms with Crippen molar-refractivity contribution < 1.29 is 19.4 Å². The molecule has 0 aliphatic carbocycles. The Bertz CT molecular complexity index is 442. The lowest BCUT2D eigenvalue weighted by molar-refractivity contribution is -0.119. The third kappa shape index (κ3) is 4.97. The molecule has 1 atom stereocenters. The van der Waals surface area contributed by atoms with E-state index in [1.807, 2.05) is 0 Å². The molecule has 0 heterocycles. The fourth-order valence-corrected chi connectivity index (χ4v) is 1.55. The smallest absolute Gasteiger partial charge is 0.255 e.